The van der Waals surface area contributed by atoms with E-state index in [0.717, 1.165) is 25.9 Å². The van der Waals surface area contributed by atoms with E-state index in [2.05, 4.69) is 75.3 Å². The van der Waals surface area contributed by atoms with Gasteiger partial charge in [0.25, 0.3) is 0 Å². The molecule has 0 aliphatic rings. The Kier molecular flexibility index (Phi) is 5.60. The molecule has 0 heterocycles. The Bertz CT molecular complexity index is 598. The van der Waals surface area contributed by atoms with Crippen LogP contribution in [0.5, 0.6) is 0 Å². The van der Waals surface area contributed by atoms with Gasteiger partial charge in [-0.25, -0.2) is 0 Å². The van der Waals surface area contributed by atoms with Crippen LogP contribution in [0.3, 0.4) is 0 Å². The highest BCUT2D eigenvalue weighted by atomic mass is 15.0. The molecule has 2 rings (SSSR count). The van der Waals surface area contributed by atoms with Crippen molar-refractivity contribution in [1.82, 2.24) is 4.90 Å². The summed E-state index contributed by atoms with van der Waals surface area (Å²) in [5.74, 6) is 0.566. The predicted molar refractivity (Wildman–Crippen MR) is 97.1 cm³/mol. The van der Waals surface area contributed by atoms with E-state index in [1.165, 1.54) is 16.3 Å². The quantitative estimate of drug-likeness (QED) is 0.839. The first kappa shape index (κ1) is 17.0. The maximum Gasteiger partial charge on any atom is -0.00144 e. The minimum Gasteiger partial charge on any atom is -0.330 e. The van der Waals surface area contributed by atoms with Crippen molar-refractivity contribution in [3.8, 4) is 0 Å². The topological polar surface area (TPSA) is 29.3 Å². The third kappa shape index (κ3) is 3.68. The summed E-state index contributed by atoms with van der Waals surface area (Å²) in [4.78, 5) is 2.26. The third-order valence-electron chi connectivity index (χ3n) is 5.11. The van der Waals surface area contributed by atoms with Gasteiger partial charge in [0, 0.05) is 0 Å². The van der Waals surface area contributed by atoms with Crippen molar-refractivity contribution in [3.63, 3.8) is 0 Å². The summed E-state index contributed by atoms with van der Waals surface area (Å²) < 4.78 is 0. The first-order valence-electron chi connectivity index (χ1n) is 8.30. The fourth-order valence-electron chi connectivity index (χ4n) is 3.26. The molecule has 0 aromatic heterocycles. The van der Waals surface area contributed by atoms with Crippen LogP contribution in [0.2, 0.25) is 0 Å². The predicted octanol–water partition coefficient (Wildman–Crippen LogP) is 3.94. The van der Waals surface area contributed by atoms with Crippen molar-refractivity contribution in [2.75, 3.05) is 27.2 Å². The molecule has 0 spiro atoms. The van der Waals surface area contributed by atoms with Gasteiger partial charge in [0.05, 0.1) is 0 Å². The lowest BCUT2D eigenvalue weighted by Gasteiger charge is -2.38. The second-order valence-corrected chi connectivity index (χ2v) is 7.09. The Labute approximate surface area is 135 Å². The fraction of sp³-hybridized carbons (Fsp3) is 0.500. The van der Waals surface area contributed by atoms with Gasteiger partial charge in [-0.05, 0) is 67.7 Å². The van der Waals surface area contributed by atoms with Gasteiger partial charge < -0.3 is 10.6 Å². The van der Waals surface area contributed by atoms with E-state index in [1.807, 2.05) is 0 Å². The Morgan fingerprint density at radius 2 is 1.73 bits per heavy atom. The smallest absolute Gasteiger partial charge is 0.00144 e. The highest BCUT2D eigenvalue weighted by molar-refractivity contribution is 5.85. The lowest BCUT2D eigenvalue weighted by atomic mass is 9.70. The van der Waals surface area contributed by atoms with Crippen LogP contribution in [0.4, 0.5) is 0 Å². The molecular formula is C20H30N2. The van der Waals surface area contributed by atoms with Gasteiger partial charge in [-0.15, -0.1) is 0 Å². The molecule has 0 saturated carbocycles. The third-order valence-corrected chi connectivity index (χ3v) is 5.11. The Balaban J connectivity index is 2.36. The molecule has 0 aliphatic heterocycles. The van der Waals surface area contributed by atoms with Crippen molar-refractivity contribution >= 4 is 10.8 Å². The zero-order valence-corrected chi connectivity index (χ0v) is 14.5. The average molecular weight is 298 g/mol. The zero-order valence-electron chi connectivity index (χ0n) is 14.5. The van der Waals surface area contributed by atoms with Gasteiger partial charge in [-0.2, -0.15) is 0 Å². The maximum absolute atomic E-state index is 6.27. The number of nitrogens with zero attached hydrogens (tertiary/aromatic N) is 1. The molecule has 0 unspecified atom stereocenters. The summed E-state index contributed by atoms with van der Waals surface area (Å²) in [5.41, 5.74) is 7.86. The summed E-state index contributed by atoms with van der Waals surface area (Å²) in [6.07, 6.45) is 2.19. The number of fused-ring (bicyclic) bond motifs is 1. The first-order chi connectivity index (χ1) is 10.5. The molecule has 2 nitrogen and oxygen atoms in total. The SMILES string of the molecule is CC(C)[C@](CN)(CCN(C)C)Cc1cccc2ccccc12. The molecule has 1 atom stereocenters. The largest absolute Gasteiger partial charge is 0.330 e. The minimum absolute atomic E-state index is 0.161. The molecule has 22 heavy (non-hydrogen) atoms. The van der Waals surface area contributed by atoms with E-state index in [1.54, 1.807) is 0 Å². The Morgan fingerprint density at radius 1 is 1.05 bits per heavy atom. The van der Waals surface area contributed by atoms with Crippen molar-refractivity contribution in [3.05, 3.63) is 48.0 Å². The van der Waals surface area contributed by atoms with Gasteiger partial charge in [0.2, 0.25) is 0 Å². The second kappa shape index (κ2) is 7.26. The number of hydrogen-bond donors (Lipinski definition) is 1. The molecule has 2 aromatic carbocycles. The van der Waals surface area contributed by atoms with E-state index >= 15 is 0 Å². The van der Waals surface area contributed by atoms with Crippen LogP contribution in [0.15, 0.2) is 42.5 Å². The Morgan fingerprint density at radius 3 is 2.36 bits per heavy atom. The van der Waals surface area contributed by atoms with Crippen LogP contribution in [0, 0.1) is 11.3 Å². The number of rotatable bonds is 7. The van der Waals surface area contributed by atoms with Crippen molar-refractivity contribution in [1.29, 1.82) is 0 Å². The molecule has 0 saturated heterocycles. The molecule has 120 valence electrons. The van der Waals surface area contributed by atoms with Crippen molar-refractivity contribution in [2.45, 2.75) is 26.7 Å². The monoisotopic (exact) mass is 298 g/mol. The summed E-state index contributed by atoms with van der Waals surface area (Å²) in [6, 6.07) is 15.3. The molecule has 0 radical (unpaired) electrons. The van der Waals surface area contributed by atoms with Crippen LogP contribution in [0.1, 0.15) is 25.8 Å². The first-order valence-corrected chi connectivity index (χ1v) is 8.30. The van der Waals surface area contributed by atoms with E-state index in [9.17, 15) is 0 Å². The van der Waals surface area contributed by atoms with E-state index in [4.69, 9.17) is 5.73 Å². The molecule has 0 fully saturated rings. The highest BCUT2D eigenvalue weighted by Crippen LogP contribution is 2.36. The molecule has 0 bridgehead atoms. The van der Waals surface area contributed by atoms with Gasteiger partial charge in [-0.1, -0.05) is 56.3 Å². The molecule has 0 aliphatic carbocycles. The van der Waals surface area contributed by atoms with Crippen molar-refractivity contribution in [2.24, 2.45) is 17.1 Å². The normalized spacial score (nSPS) is 14.7. The zero-order chi connectivity index (χ0) is 16.2. The van der Waals surface area contributed by atoms with Gasteiger partial charge in [0.1, 0.15) is 0 Å². The number of nitrogens with two attached hydrogens (primary N) is 1. The average Bonchev–Trinajstić information content (AvgIpc) is 2.51. The molecular weight excluding hydrogens is 268 g/mol. The van der Waals surface area contributed by atoms with Gasteiger partial charge >= 0.3 is 0 Å². The van der Waals surface area contributed by atoms with Crippen LogP contribution in [-0.4, -0.2) is 32.1 Å². The Hall–Kier alpha value is -1.38. The number of benzene rings is 2. The van der Waals surface area contributed by atoms with Crippen LogP contribution in [-0.2, 0) is 6.42 Å². The summed E-state index contributed by atoms with van der Waals surface area (Å²) in [7, 11) is 4.28. The van der Waals surface area contributed by atoms with Crippen molar-refractivity contribution < 1.29 is 0 Å². The summed E-state index contributed by atoms with van der Waals surface area (Å²) in [6.45, 7) is 6.45. The lowest BCUT2D eigenvalue weighted by Crippen LogP contribution is -2.40. The molecule has 2 heteroatoms. The van der Waals surface area contributed by atoms with E-state index in [-0.39, 0.29) is 5.41 Å². The molecule has 2 N–H and O–H groups in total. The maximum atomic E-state index is 6.27. The van der Waals surface area contributed by atoms with E-state index < -0.39 is 0 Å². The van der Waals surface area contributed by atoms with Crippen LogP contribution < -0.4 is 5.73 Å². The lowest BCUT2D eigenvalue weighted by molar-refractivity contribution is 0.160. The summed E-state index contributed by atoms with van der Waals surface area (Å²) >= 11 is 0. The standard InChI is InChI=1S/C20H30N2/c1-16(2)20(15-21,12-13-22(3)4)14-18-10-7-9-17-8-5-6-11-19(17)18/h5-11,16H,12-15,21H2,1-4H3/t20-/m1/s1. The second-order valence-electron chi connectivity index (χ2n) is 7.09. The molecule has 0 amide bonds. The molecule has 2 aromatic rings. The van der Waals surface area contributed by atoms with Crippen LogP contribution in [0.25, 0.3) is 10.8 Å². The minimum atomic E-state index is 0.161. The fourth-order valence-corrected chi connectivity index (χ4v) is 3.26. The number of hydrogen-bond acceptors (Lipinski definition) is 2. The van der Waals surface area contributed by atoms with Gasteiger partial charge in [0.15, 0.2) is 0 Å². The van der Waals surface area contributed by atoms with Crippen LogP contribution >= 0.6 is 0 Å². The van der Waals surface area contributed by atoms with Gasteiger partial charge in [-0.3, -0.25) is 0 Å². The van der Waals surface area contributed by atoms with E-state index in [0.29, 0.717) is 5.92 Å². The summed E-state index contributed by atoms with van der Waals surface area (Å²) in [5, 5.41) is 2.69. The highest BCUT2D eigenvalue weighted by Gasteiger charge is 2.32.